The lowest BCUT2D eigenvalue weighted by Gasteiger charge is -2.34. The minimum absolute atomic E-state index is 0.0235. The van der Waals surface area contributed by atoms with Gasteiger partial charge < -0.3 is 10.2 Å². The van der Waals surface area contributed by atoms with Crippen LogP contribution < -0.4 is 5.32 Å². The van der Waals surface area contributed by atoms with Gasteiger partial charge in [-0.15, -0.1) is 0 Å². The molecule has 0 spiro atoms. The van der Waals surface area contributed by atoms with E-state index in [0.29, 0.717) is 13.1 Å². The predicted molar refractivity (Wildman–Crippen MR) is 95.3 cm³/mol. The number of hydrogen-bond donors (Lipinski definition) is 1. The Morgan fingerprint density at radius 3 is 2.20 bits per heavy atom. The van der Waals surface area contributed by atoms with Crippen LogP contribution in [0.5, 0.6) is 0 Å². The molecule has 8 heteroatoms. The fourth-order valence-electron chi connectivity index (χ4n) is 3.48. The van der Waals surface area contributed by atoms with Crippen molar-refractivity contribution in [2.75, 3.05) is 57.7 Å². The first kappa shape index (κ1) is 17.9. The van der Waals surface area contributed by atoms with Gasteiger partial charge in [-0.1, -0.05) is 0 Å². The highest BCUT2D eigenvalue weighted by molar-refractivity contribution is 5.91. The number of carbonyl (C=O) groups excluding carboxylic acids is 2. The van der Waals surface area contributed by atoms with Crippen LogP contribution in [0.4, 0.5) is 5.82 Å². The van der Waals surface area contributed by atoms with Crippen molar-refractivity contribution in [1.29, 1.82) is 0 Å². The van der Waals surface area contributed by atoms with Crippen molar-refractivity contribution in [3.8, 4) is 0 Å². The summed E-state index contributed by atoms with van der Waals surface area (Å²) in [6, 6.07) is 1.86. The molecule has 2 fully saturated rings. The van der Waals surface area contributed by atoms with Crippen molar-refractivity contribution in [2.45, 2.75) is 19.8 Å². The molecule has 1 aromatic rings. The average molecular weight is 348 g/mol. The Kier molecular flexibility index (Phi) is 5.70. The van der Waals surface area contributed by atoms with E-state index in [0.717, 1.165) is 63.6 Å². The molecule has 0 atom stereocenters. The van der Waals surface area contributed by atoms with Crippen molar-refractivity contribution in [1.82, 2.24) is 24.5 Å². The van der Waals surface area contributed by atoms with Gasteiger partial charge in [-0.2, -0.15) is 5.10 Å². The number of anilines is 1. The Bertz CT molecular complexity index is 615. The molecule has 2 aliphatic heterocycles. The molecule has 0 bridgehead atoms. The quantitative estimate of drug-likeness (QED) is 0.805. The topological polar surface area (TPSA) is 73.7 Å². The zero-order chi connectivity index (χ0) is 17.8. The Balaban J connectivity index is 1.39. The van der Waals surface area contributed by atoms with E-state index >= 15 is 0 Å². The largest absolute Gasteiger partial charge is 0.342 e. The molecule has 8 nitrogen and oxygen atoms in total. The van der Waals surface area contributed by atoms with Gasteiger partial charge in [0, 0.05) is 52.4 Å². The van der Waals surface area contributed by atoms with Crippen LogP contribution in [0.1, 0.15) is 18.5 Å². The van der Waals surface area contributed by atoms with Gasteiger partial charge in [0.05, 0.1) is 18.8 Å². The second-order valence-corrected chi connectivity index (χ2v) is 6.98. The number of amides is 2. The van der Waals surface area contributed by atoms with Gasteiger partial charge in [0.1, 0.15) is 5.82 Å². The molecule has 2 saturated heterocycles. The molecular formula is C17H28N6O2. The van der Waals surface area contributed by atoms with Crippen molar-refractivity contribution < 1.29 is 9.59 Å². The first-order chi connectivity index (χ1) is 12.0. The van der Waals surface area contributed by atoms with Gasteiger partial charge in [0.2, 0.25) is 11.8 Å². The van der Waals surface area contributed by atoms with Crippen molar-refractivity contribution in [3.05, 3.63) is 11.8 Å². The van der Waals surface area contributed by atoms with E-state index < -0.39 is 0 Å². The SMILES string of the molecule is Cc1cc(NC(=O)CN2CCN(CC(=O)N3CCCC3)CC2)n(C)n1. The van der Waals surface area contributed by atoms with E-state index in [1.807, 2.05) is 24.9 Å². The molecule has 3 rings (SSSR count). The Labute approximate surface area is 148 Å². The summed E-state index contributed by atoms with van der Waals surface area (Å²) in [5, 5.41) is 7.13. The predicted octanol–water partition coefficient (Wildman–Crippen LogP) is -0.0930. The maximum atomic E-state index is 12.2. The van der Waals surface area contributed by atoms with Gasteiger partial charge in [-0.05, 0) is 19.8 Å². The number of nitrogens with zero attached hydrogens (tertiary/aromatic N) is 5. The number of likely N-dealkylation sites (tertiary alicyclic amines) is 1. The zero-order valence-corrected chi connectivity index (χ0v) is 15.2. The minimum atomic E-state index is -0.0235. The van der Waals surface area contributed by atoms with E-state index in [9.17, 15) is 9.59 Å². The lowest BCUT2D eigenvalue weighted by molar-refractivity contribution is -0.132. The van der Waals surface area contributed by atoms with Crippen LogP contribution in [0.15, 0.2) is 6.07 Å². The Hall–Kier alpha value is -1.93. The molecule has 3 heterocycles. The van der Waals surface area contributed by atoms with Crippen LogP contribution in [0.2, 0.25) is 0 Å². The van der Waals surface area contributed by atoms with Crippen LogP contribution in [0, 0.1) is 6.92 Å². The molecule has 0 radical (unpaired) electrons. The highest BCUT2D eigenvalue weighted by atomic mass is 16.2. The first-order valence-electron chi connectivity index (χ1n) is 9.04. The number of piperazine rings is 1. The van der Waals surface area contributed by atoms with E-state index in [2.05, 4.69) is 20.2 Å². The molecule has 0 aliphatic carbocycles. The fourth-order valence-corrected chi connectivity index (χ4v) is 3.48. The number of aromatic nitrogens is 2. The second-order valence-electron chi connectivity index (χ2n) is 6.98. The van der Waals surface area contributed by atoms with Crippen LogP contribution in [-0.4, -0.2) is 88.7 Å². The molecule has 0 saturated carbocycles. The first-order valence-corrected chi connectivity index (χ1v) is 9.04. The average Bonchev–Trinajstić information content (AvgIpc) is 3.20. The van der Waals surface area contributed by atoms with Crippen LogP contribution in [0.3, 0.4) is 0 Å². The number of aryl methyl sites for hydroxylation is 2. The second kappa shape index (κ2) is 7.97. The van der Waals surface area contributed by atoms with E-state index in [4.69, 9.17) is 0 Å². The fraction of sp³-hybridized carbons (Fsp3) is 0.706. The molecule has 0 unspecified atom stereocenters. The highest BCUT2D eigenvalue weighted by Gasteiger charge is 2.24. The molecule has 0 aromatic carbocycles. The normalized spacial score (nSPS) is 19.4. The molecule has 2 amide bonds. The highest BCUT2D eigenvalue weighted by Crippen LogP contribution is 2.10. The third kappa shape index (κ3) is 4.79. The summed E-state index contributed by atoms with van der Waals surface area (Å²) in [5.74, 6) is 0.942. The smallest absolute Gasteiger partial charge is 0.239 e. The summed E-state index contributed by atoms with van der Waals surface area (Å²) in [6.45, 7) is 7.88. The van der Waals surface area contributed by atoms with E-state index in [1.54, 1.807) is 4.68 Å². The lowest BCUT2D eigenvalue weighted by atomic mass is 10.3. The van der Waals surface area contributed by atoms with Crippen LogP contribution in [-0.2, 0) is 16.6 Å². The summed E-state index contributed by atoms with van der Waals surface area (Å²) < 4.78 is 1.68. The lowest BCUT2D eigenvalue weighted by Crippen LogP contribution is -2.51. The number of carbonyl (C=O) groups is 2. The Morgan fingerprint density at radius 2 is 1.64 bits per heavy atom. The number of rotatable bonds is 5. The van der Waals surface area contributed by atoms with Gasteiger partial charge >= 0.3 is 0 Å². The van der Waals surface area contributed by atoms with Crippen molar-refractivity contribution >= 4 is 17.6 Å². The standard InChI is InChI=1S/C17H28N6O2/c1-14-11-15(20(2)19-14)18-16(24)12-21-7-9-22(10-8-21)13-17(25)23-5-3-4-6-23/h11H,3-10,12-13H2,1-2H3,(H,18,24). The van der Waals surface area contributed by atoms with E-state index in [-0.39, 0.29) is 11.8 Å². The third-order valence-electron chi connectivity index (χ3n) is 4.92. The van der Waals surface area contributed by atoms with Crippen molar-refractivity contribution in [3.63, 3.8) is 0 Å². The molecule has 138 valence electrons. The minimum Gasteiger partial charge on any atom is -0.342 e. The van der Waals surface area contributed by atoms with Gasteiger partial charge in [-0.25, -0.2) is 0 Å². The number of nitrogens with one attached hydrogen (secondary N) is 1. The van der Waals surface area contributed by atoms with Gasteiger partial charge in [0.25, 0.3) is 0 Å². The van der Waals surface area contributed by atoms with E-state index in [1.165, 1.54) is 0 Å². The summed E-state index contributed by atoms with van der Waals surface area (Å²) in [5.41, 5.74) is 0.883. The van der Waals surface area contributed by atoms with Gasteiger partial charge in [0.15, 0.2) is 0 Å². The maximum absolute atomic E-state index is 12.2. The third-order valence-corrected chi connectivity index (χ3v) is 4.92. The summed E-state index contributed by atoms with van der Waals surface area (Å²) in [4.78, 5) is 30.7. The van der Waals surface area contributed by atoms with Crippen molar-refractivity contribution in [2.24, 2.45) is 7.05 Å². The zero-order valence-electron chi connectivity index (χ0n) is 15.2. The summed E-state index contributed by atoms with van der Waals surface area (Å²) >= 11 is 0. The maximum Gasteiger partial charge on any atom is 0.239 e. The van der Waals surface area contributed by atoms with Crippen LogP contribution in [0.25, 0.3) is 0 Å². The van der Waals surface area contributed by atoms with Gasteiger partial charge in [-0.3, -0.25) is 24.1 Å². The molecule has 2 aliphatic rings. The summed E-state index contributed by atoms with van der Waals surface area (Å²) in [7, 11) is 1.82. The molecular weight excluding hydrogens is 320 g/mol. The number of hydrogen-bond acceptors (Lipinski definition) is 5. The van der Waals surface area contributed by atoms with Crippen LogP contribution >= 0.6 is 0 Å². The molecule has 1 aromatic heterocycles. The Morgan fingerprint density at radius 1 is 1.04 bits per heavy atom. The summed E-state index contributed by atoms with van der Waals surface area (Å²) in [6.07, 6.45) is 2.26. The monoisotopic (exact) mass is 348 g/mol. The molecule has 25 heavy (non-hydrogen) atoms. The molecule has 1 N–H and O–H groups in total.